The Bertz CT molecular complexity index is 923. The molecule has 0 aliphatic rings. The smallest absolute Gasteiger partial charge is 0.267 e. The first-order valence-corrected chi connectivity index (χ1v) is 9.48. The van der Waals surface area contributed by atoms with Crippen LogP contribution in [-0.2, 0) is 5.75 Å². The minimum absolute atomic E-state index is 0.279. The van der Waals surface area contributed by atoms with Gasteiger partial charge in [-0.2, -0.15) is 5.10 Å². The van der Waals surface area contributed by atoms with Gasteiger partial charge in [-0.15, -0.1) is 11.8 Å². The molecule has 0 fully saturated rings. The Labute approximate surface area is 162 Å². The summed E-state index contributed by atoms with van der Waals surface area (Å²) in [4.78, 5) is 13.5. The maximum Gasteiger partial charge on any atom is 0.271 e. The van der Waals surface area contributed by atoms with Gasteiger partial charge in [-0.3, -0.25) is 4.79 Å². The molecule has 0 heterocycles. The Kier molecular flexibility index (Phi) is 6.39. The van der Waals surface area contributed by atoms with Crippen LogP contribution in [0.15, 0.2) is 88.9 Å². The Morgan fingerprint density at radius 2 is 1.56 bits per heavy atom. The highest BCUT2D eigenvalue weighted by Gasteiger charge is 2.06. The molecule has 0 unspecified atom stereocenters. The molecule has 3 nitrogen and oxygen atoms in total. The molecule has 3 aromatic carbocycles. The van der Waals surface area contributed by atoms with Crippen molar-refractivity contribution in [2.75, 3.05) is 0 Å². The molecule has 1 N–H and O–H groups in total. The predicted octanol–water partition coefficient (Wildman–Crippen LogP) is 5.27. The maximum atomic E-state index is 13.0. The van der Waals surface area contributed by atoms with Gasteiger partial charge < -0.3 is 0 Å². The minimum Gasteiger partial charge on any atom is -0.267 e. The SMILES string of the molecule is CC(=NNC(=O)c1ccc(CSc2ccccc2)cc1)c1ccc(F)cc1. The summed E-state index contributed by atoms with van der Waals surface area (Å²) in [6.45, 7) is 1.76. The van der Waals surface area contributed by atoms with E-state index in [4.69, 9.17) is 0 Å². The number of hydrazone groups is 1. The lowest BCUT2D eigenvalue weighted by Gasteiger charge is -2.05. The number of carbonyl (C=O) groups excluding carboxylic acids is 1. The topological polar surface area (TPSA) is 41.5 Å². The summed E-state index contributed by atoms with van der Waals surface area (Å²) in [6, 6.07) is 23.6. The lowest BCUT2D eigenvalue weighted by atomic mass is 10.1. The van der Waals surface area contributed by atoms with Gasteiger partial charge in [0, 0.05) is 16.2 Å². The number of carbonyl (C=O) groups is 1. The second-order valence-electron chi connectivity index (χ2n) is 5.94. The molecule has 0 aliphatic carbocycles. The van der Waals surface area contributed by atoms with E-state index in [1.54, 1.807) is 43.0 Å². The fraction of sp³-hybridized carbons (Fsp3) is 0.0909. The van der Waals surface area contributed by atoms with Crippen LogP contribution in [0.5, 0.6) is 0 Å². The molecule has 0 atom stereocenters. The first kappa shape index (κ1) is 18.9. The van der Waals surface area contributed by atoms with E-state index in [1.165, 1.54) is 17.0 Å². The quantitative estimate of drug-likeness (QED) is 0.361. The maximum absolute atomic E-state index is 13.0. The number of rotatable bonds is 6. The van der Waals surface area contributed by atoms with Crippen molar-refractivity contribution in [1.29, 1.82) is 0 Å². The van der Waals surface area contributed by atoms with Crippen LogP contribution in [-0.4, -0.2) is 11.6 Å². The number of amides is 1. The van der Waals surface area contributed by atoms with Crippen molar-refractivity contribution in [3.05, 3.63) is 101 Å². The fourth-order valence-electron chi connectivity index (χ4n) is 2.39. The molecule has 1 amide bonds. The van der Waals surface area contributed by atoms with Crippen LogP contribution in [0.3, 0.4) is 0 Å². The van der Waals surface area contributed by atoms with E-state index in [0.29, 0.717) is 11.3 Å². The molecule has 0 radical (unpaired) electrons. The molecule has 5 heteroatoms. The van der Waals surface area contributed by atoms with Crippen LogP contribution < -0.4 is 5.43 Å². The van der Waals surface area contributed by atoms with E-state index in [-0.39, 0.29) is 11.7 Å². The molecule has 3 aromatic rings. The number of hydrogen-bond acceptors (Lipinski definition) is 3. The number of benzene rings is 3. The van der Waals surface area contributed by atoms with Crippen LogP contribution >= 0.6 is 11.8 Å². The van der Waals surface area contributed by atoms with Gasteiger partial charge in [-0.25, -0.2) is 9.82 Å². The third kappa shape index (κ3) is 5.53. The van der Waals surface area contributed by atoms with Gasteiger partial charge in [-0.05, 0) is 54.4 Å². The third-order valence-electron chi connectivity index (χ3n) is 3.95. The monoisotopic (exact) mass is 378 g/mol. The van der Waals surface area contributed by atoms with Gasteiger partial charge in [-0.1, -0.05) is 42.5 Å². The summed E-state index contributed by atoms with van der Waals surface area (Å²) in [5, 5.41) is 4.09. The Hall–Kier alpha value is -2.92. The summed E-state index contributed by atoms with van der Waals surface area (Å²) in [6.07, 6.45) is 0. The van der Waals surface area contributed by atoms with E-state index < -0.39 is 0 Å². The van der Waals surface area contributed by atoms with E-state index in [9.17, 15) is 9.18 Å². The zero-order valence-corrected chi connectivity index (χ0v) is 15.7. The van der Waals surface area contributed by atoms with Gasteiger partial charge in [0.15, 0.2) is 0 Å². The molecular weight excluding hydrogens is 359 g/mol. The zero-order valence-electron chi connectivity index (χ0n) is 14.9. The predicted molar refractivity (Wildman–Crippen MR) is 109 cm³/mol. The number of thioether (sulfide) groups is 1. The molecule has 0 bridgehead atoms. The highest BCUT2D eigenvalue weighted by Crippen LogP contribution is 2.22. The van der Waals surface area contributed by atoms with E-state index >= 15 is 0 Å². The third-order valence-corrected chi connectivity index (χ3v) is 5.04. The van der Waals surface area contributed by atoms with E-state index in [0.717, 1.165) is 16.9 Å². The second kappa shape index (κ2) is 9.14. The van der Waals surface area contributed by atoms with Crippen molar-refractivity contribution in [3.63, 3.8) is 0 Å². The van der Waals surface area contributed by atoms with Gasteiger partial charge in [0.1, 0.15) is 5.82 Å². The van der Waals surface area contributed by atoms with E-state index in [1.807, 2.05) is 30.3 Å². The first-order valence-electron chi connectivity index (χ1n) is 8.49. The summed E-state index contributed by atoms with van der Waals surface area (Å²) in [5.41, 5.74) is 5.59. The molecular formula is C22H19FN2OS. The summed E-state index contributed by atoms with van der Waals surface area (Å²) < 4.78 is 13.0. The average molecular weight is 378 g/mol. The zero-order chi connectivity index (χ0) is 19.1. The Balaban J connectivity index is 1.57. The Morgan fingerprint density at radius 3 is 2.22 bits per heavy atom. The number of hydrogen-bond donors (Lipinski definition) is 1. The van der Waals surface area contributed by atoms with Crippen LogP contribution in [0.25, 0.3) is 0 Å². The van der Waals surface area contributed by atoms with Crippen LogP contribution in [0.2, 0.25) is 0 Å². The van der Waals surface area contributed by atoms with Crippen LogP contribution in [0.4, 0.5) is 4.39 Å². The van der Waals surface area contributed by atoms with Crippen molar-refractivity contribution in [2.45, 2.75) is 17.6 Å². The van der Waals surface area contributed by atoms with Crippen molar-refractivity contribution >= 4 is 23.4 Å². The molecule has 0 saturated heterocycles. The van der Waals surface area contributed by atoms with Crippen LogP contribution in [0.1, 0.15) is 28.4 Å². The number of halogens is 1. The van der Waals surface area contributed by atoms with Gasteiger partial charge >= 0.3 is 0 Å². The fourth-order valence-corrected chi connectivity index (χ4v) is 3.27. The standard InChI is InChI=1S/C22H19FN2OS/c1-16(18-11-13-20(23)14-12-18)24-25-22(26)19-9-7-17(8-10-19)15-27-21-5-3-2-4-6-21/h2-14H,15H2,1H3,(H,25,26). The lowest BCUT2D eigenvalue weighted by Crippen LogP contribution is -2.19. The summed E-state index contributed by atoms with van der Waals surface area (Å²) in [7, 11) is 0. The normalized spacial score (nSPS) is 11.3. The van der Waals surface area contributed by atoms with Crippen molar-refractivity contribution in [1.82, 2.24) is 5.43 Å². The van der Waals surface area contributed by atoms with Crippen LogP contribution in [0, 0.1) is 5.82 Å². The van der Waals surface area contributed by atoms with Crippen molar-refractivity contribution in [3.8, 4) is 0 Å². The molecule has 0 spiro atoms. The molecule has 0 aromatic heterocycles. The van der Waals surface area contributed by atoms with Crippen molar-refractivity contribution in [2.24, 2.45) is 5.10 Å². The van der Waals surface area contributed by atoms with Crippen molar-refractivity contribution < 1.29 is 9.18 Å². The summed E-state index contributed by atoms with van der Waals surface area (Å²) >= 11 is 1.75. The number of nitrogens with zero attached hydrogens (tertiary/aromatic N) is 1. The number of nitrogens with one attached hydrogen (secondary N) is 1. The lowest BCUT2D eigenvalue weighted by molar-refractivity contribution is 0.0955. The summed E-state index contributed by atoms with van der Waals surface area (Å²) in [5.74, 6) is 0.258. The van der Waals surface area contributed by atoms with Gasteiger partial charge in [0.05, 0.1) is 5.71 Å². The van der Waals surface area contributed by atoms with E-state index in [2.05, 4.69) is 22.7 Å². The minimum atomic E-state index is -0.305. The molecule has 0 saturated carbocycles. The largest absolute Gasteiger partial charge is 0.271 e. The molecule has 0 aliphatic heterocycles. The molecule has 3 rings (SSSR count). The van der Waals surface area contributed by atoms with Gasteiger partial charge in [0.2, 0.25) is 0 Å². The molecule has 136 valence electrons. The highest BCUT2D eigenvalue weighted by molar-refractivity contribution is 7.98. The average Bonchev–Trinajstić information content (AvgIpc) is 2.72. The Morgan fingerprint density at radius 1 is 0.926 bits per heavy atom. The molecule has 27 heavy (non-hydrogen) atoms. The van der Waals surface area contributed by atoms with Gasteiger partial charge in [0.25, 0.3) is 5.91 Å². The second-order valence-corrected chi connectivity index (χ2v) is 6.99. The first-order chi connectivity index (χ1) is 13.1. The highest BCUT2D eigenvalue weighted by atomic mass is 32.2.